The Morgan fingerprint density at radius 1 is 1.04 bits per heavy atom. The summed E-state index contributed by atoms with van der Waals surface area (Å²) in [4.78, 5) is 17.2. The molecule has 0 radical (unpaired) electrons. The Hall–Kier alpha value is -1.88. The number of carbonyl (C=O) groups excluding carboxylic acids is 1. The van der Waals surface area contributed by atoms with Crippen LogP contribution in [0.15, 0.2) is 54.6 Å². The van der Waals surface area contributed by atoms with Gasteiger partial charge in [0, 0.05) is 43.4 Å². The van der Waals surface area contributed by atoms with Gasteiger partial charge < -0.3 is 5.32 Å². The third-order valence-corrected chi connectivity index (χ3v) is 4.95. The molecule has 1 fully saturated rings. The Morgan fingerprint density at radius 2 is 1.68 bits per heavy atom. The number of rotatable bonds is 5. The number of benzene rings is 2. The Kier molecular flexibility index (Phi) is 6.08. The van der Waals surface area contributed by atoms with Gasteiger partial charge in [0.05, 0.1) is 6.04 Å². The second kappa shape index (κ2) is 8.48. The fourth-order valence-corrected chi connectivity index (χ4v) is 3.22. The Labute approximate surface area is 154 Å². The quantitative estimate of drug-likeness (QED) is 0.889. The number of nitrogens with one attached hydrogen (secondary N) is 1. The molecule has 0 saturated carbocycles. The van der Waals surface area contributed by atoms with Crippen LogP contribution in [0.25, 0.3) is 0 Å². The fourth-order valence-electron chi connectivity index (χ4n) is 3.10. The summed E-state index contributed by atoms with van der Waals surface area (Å²) in [6.45, 7) is 6.71. The van der Waals surface area contributed by atoms with Crippen molar-refractivity contribution in [1.82, 2.24) is 9.80 Å². The lowest BCUT2D eigenvalue weighted by molar-refractivity contribution is -0.121. The van der Waals surface area contributed by atoms with E-state index in [4.69, 9.17) is 11.6 Å². The maximum atomic E-state index is 12.5. The van der Waals surface area contributed by atoms with E-state index in [1.165, 1.54) is 5.56 Å². The third-order valence-electron chi connectivity index (χ3n) is 4.69. The molecule has 0 aliphatic carbocycles. The van der Waals surface area contributed by atoms with E-state index in [1.54, 1.807) is 12.1 Å². The summed E-state index contributed by atoms with van der Waals surface area (Å²) < 4.78 is 0. The van der Waals surface area contributed by atoms with Crippen LogP contribution in [-0.2, 0) is 11.3 Å². The first kappa shape index (κ1) is 17.9. The van der Waals surface area contributed by atoms with Crippen LogP contribution >= 0.6 is 11.6 Å². The van der Waals surface area contributed by atoms with Crippen LogP contribution in [0, 0.1) is 0 Å². The second-order valence-electron chi connectivity index (χ2n) is 6.47. The Bertz CT molecular complexity index is 682. The molecule has 1 atom stereocenters. The molecule has 0 spiro atoms. The van der Waals surface area contributed by atoms with Gasteiger partial charge in [-0.3, -0.25) is 14.6 Å². The van der Waals surface area contributed by atoms with E-state index in [1.807, 2.05) is 25.1 Å². The van der Waals surface area contributed by atoms with Crippen molar-refractivity contribution in [3.63, 3.8) is 0 Å². The van der Waals surface area contributed by atoms with Gasteiger partial charge in [0.15, 0.2) is 0 Å². The molecular formula is C20H24ClN3O. The number of piperazine rings is 1. The van der Waals surface area contributed by atoms with Crippen molar-refractivity contribution in [3.8, 4) is 0 Å². The molecule has 3 rings (SSSR count). The highest BCUT2D eigenvalue weighted by Gasteiger charge is 2.25. The molecule has 2 aromatic carbocycles. The van der Waals surface area contributed by atoms with Gasteiger partial charge >= 0.3 is 0 Å². The predicted octanol–water partition coefficient (Wildman–Crippen LogP) is 3.48. The maximum Gasteiger partial charge on any atom is 0.241 e. The zero-order valence-electron chi connectivity index (χ0n) is 14.5. The van der Waals surface area contributed by atoms with Crippen LogP contribution in [-0.4, -0.2) is 47.9 Å². The van der Waals surface area contributed by atoms with Crippen LogP contribution in [0.2, 0.25) is 5.02 Å². The molecule has 1 saturated heterocycles. The number of hydrogen-bond donors (Lipinski definition) is 1. The minimum Gasteiger partial charge on any atom is -0.325 e. The highest BCUT2D eigenvalue weighted by molar-refractivity contribution is 6.30. The monoisotopic (exact) mass is 357 g/mol. The van der Waals surface area contributed by atoms with E-state index in [2.05, 4.69) is 39.4 Å². The molecule has 5 heteroatoms. The van der Waals surface area contributed by atoms with Crippen molar-refractivity contribution in [3.05, 3.63) is 65.2 Å². The molecular weight excluding hydrogens is 334 g/mol. The molecule has 25 heavy (non-hydrogen) atoms. The van der Waals surface area contributed by atoms with E-state index in [0.29, 0.717) is 5.02 Å². The average Bonchev–Trinajstić information content (AvgIpc) is 2.64. The second-order valence-corrected chi connectivity index (χ2v) is 6.91. The number of nitrogens with zero attached hydrogens (tertiary/aromatic N) is 2. The van der Waals surface area contributed by atoms with Crippen molar-refractivity contribution < 1.29 is 4.79 Å². The van der Waals surface area contributed by atoms with Crippen molar-refractivity contribution in [2.45, 2.75) is 19.5 Å². The molecule has 1 N–H and O–H groups in total. The standard InChI is InChI=1S/C20H24ClN3O/c1-16(20(25)22-19-9-7-18(21)8-10-19)24-13-11-23(12-14-24)15-17-5-3-2-4-6-17/h2-10,16H,11-15H2,1H3,(H,22,25)/t16-/m0/s1. The van der Waals surface area contributed by atoms with Gasteiger partial charge in [-0.2, -0.15) is 0 Å². The Balaban J connectivity index is 1.48. The highest BCUT2D eigenvalue weighted by Crippen LogP contribution is 2.15. The van der Waals surface area contributed by atoms with Gasteiger partial charge in [0.1, 0.15) is 0 Å². The number of amides is 1. The van der Waals surface area contributed by atoms with Gasteiger partial charge in [-0.15, -0.1) is 0 Å². The van der Waals surface area contributed by atoms with E-state index < -0.39 is 0 Å². The minimum atomic E-state index is -0.144. The fraction of sp³-hybridized carbons (Fsp3) is 0.350. The molecule has 4 nitrogen and oxygen atoms in total. The van der Waals surface area contributed by atoms with E-state index >= 15 is 0 Å². The van der Waals surface area contributed by atoms with Crippen molar-refractivity contribution >= 4 is 23.2 Å². The Morgan fingerprint density at radius 3 is 2.32 bits per heavy atom. The van der Waals surface area contributed by atoms with Crippen LogP contribution in [0.4, 0.5) is 5.69 Å². The molecule has 0 aromatic heterocycles. The highest BCUT2D eigenvalue weighted by atomic mass is 35.5. The van der Waals surface area contributed by atoms with Crippen LogP contribution in [0.5, 0.6) is 0 Å². The van der Waals surface area contributed by atoms with E-state index in [-0.39, 0.29) is 11.9 Å². The smallest absolute Gasteiger partial charge is 0.241 e. The van der Waals surface area contributed by atoms with Gasteiger partial charge in [-0.05, 0) is 36.8 Å². The summed E-state index contributed by atoms with van der Waals surface area (Å²) in [5.74, 6) is 0.0267. The molecule has 1 aliphatic rings. The lowest BCUT2D eigenvalue weighted by atomic mass is 10.1. The van der Waals surface area contributed by atoms with Crippen LogP contribution < -0.4 is 5.32 Å². The lowest BCUT2D eigenvalue weighted by Crippen LogP contribution is -2.52. The first-order valence-electron chi connectivity index (χ1n) is 8.68. The summed E-state index contributed by atoms with van der Waals surface area (Å²) in [5, 5.41) is 3.63. The summed E-state index contributed by atoms with van der Waals surface area (Å²) in [7, 11) is 0. The number of halogens is 1. The minimum absolute atomic E-state index is 0.0267. The van der Waals surface area contributed by atoms with Gasteiger partial charge in [0.2, 0.25) is 5.91 Å². The van der Waals surface area contributed by atoms with Crippen molar-refractivity contribution in [2.24, 2.45) is 0 Å². The average molecular weight is 358 g/mol. The number of anilines is 1. The van der Waals surface area contributed by atoms with Crippen LogP contribution in [0.3, 0.4) is 0 Å². The van der Waals surface area contributed by atoms with Gasteiger partial charge in [-0.25, -0.2) is 0 Å². The zero-order chi connectivity index (χ0) is 17.6. The summed E-state index contributed by atoms with van der Waals surface area (Å²) in [6, 6.07) is 17.6. The van der Waals surface area contributed by atoms with Gasteiger partial charge in [0.25, 0.3) is 0 Å². The first-order chi connectivity index (χ1) is 12.1. The van der Waals surface area contributed by atoms with Crippen LogP contribution in [0.1, 0.15) is 12.5 Å². The molecule has 1 aliphatic heterocycles. The third kappa shape index (κ3) is 5.05. The topological polar surface area (TPSA) is 35.6 Å². The van der Waals surface area contributed by atoms with Crippen molar-refractivity contribution in [1.29, 1.82) is 0 Å². The number of hydrogen-bond acceptors (Lipinski definition) is 3. The SMILES string of the molecule is C[C@@H](C(=O)Nc1ccc(Cl)cc1)N1CCN(Cc2ccccc2)CC1. The van der Waals surface area contributed by atoms with Crippen molar-refractivity contribution in [2.75, 3.05) is 31.5 Å². The molecule has 0 bridgehead atoms. The summed E-state index contributed by atoms with van der Waals surface area (Å²) >= 11 is 5.88. The molecule has 1 heterocycles. The lowest BCUT2D eigenvalue weighted by Gasteiger charge is -2.37. The molecule has 132 valence electrons. The summed E-state index contributed by atoms with van der Waals surface area (Å²) in [6.07, 6.45) is 0. The van der Waals surface area contributed by atoms with E-state index in [9.17, 15) is 4.79 Å². The maximum absolute atomic E-state index is 12.5. The molecule has 0 unspecified atom stereocenters. The van der Waals surface area contributed by atoms with E-state index in [0.717, 1.165) is 38.4 Å². The van der Waals surface area contributed by atoms with Gasteiger partial charge in [-0.1, -0.05) is 41.9 Å². The first-order valence-corrected chi connectivity index (χ1v) is 9.06. The zero-order valence-corrected chi connectivity index (χ0v) is 15.2. The predicted molar refractivity (Wildman–Crippen MR) is 103 cm³/mol. The normalized spacial score (nSPS) is 17.2. The molecule has 1 amide bonds. The molecule has 2 aromatic rings. The largest absolute Gasteiger partial charge is 0.325 e. The summed E-state index contributed by atoms with van der Waals surface area (Å²) in [5.41, 5.74) is 2.12. The number of carbonyl (C=O) groups is 1.